The zero-order chi connectivity index (χ0) is 20.9. The molecule has 0 N–H and O–H groups in total. The quantitative estimate of drug-likeness (QED) is 0.672. The number of benzene rings is 2. The molecule has 0 aromatic heterocycles. The van der Waals surface area contributed by atoms with Crippen LogP contribution in [0.2, 0.25) is 0 Å². The summed E-state index contributed by atoms with van der Waals surface area (Å²) in [6.45, 7) is 1.81. The van der Waals surface area contributed by atoms with Crippen molar-refractivity contribution in [1.29, 1.82) is 5.26 Å². The highest BCUT2D eigenvalue weighted by molar-refractivity contribution is 7.92. The van der Waals surface area contributed by atoms with Crippen LogP contribution in [0.3, 0.4) is 0 Å². The van der Waals surface area contributed by atoms with E-state index in [2.05, 4.69) is 0 Å². The van der Waals surface area contributed by atoms with Crippen LogP contribution < -0.4 is 0 Å². The molecular formula is C19H16F3NO4S. The Balaban J connectivity index is 2.40. The molecule has 0 aliphatic heterocycles. The van der Waals surface area contributed by atoms with Crippen molar-refractivity contribution in [3.8, 4) is 6.07 Å². The van der Waals surface area contributed by atoms with Crippen LogP contribution in [0.5, 0.6) is 0 Å². The lowest BCUT2D eigenvalue weighted by Gasteiger charge is -2.20. The highest BCUT2D eigenvalue weighted by Gasteiger charge is 2.51. The lowest BCUT2D eigenvalue weighted by atomic mass is 10.0. The number of esters is 1. The minimum Gasteiger partial charge on any atom is -0.462 e. The number of hydrogen-bond acceptors (Lipinski definition) is 5. The second-order valence-electron chi connectivity index (χ2n) is 5.83. The fourth-order valence-electron chi connectivity index (χ4n) is 2.55. The molecule has 0 saturated heterocycles. The Morgan fingerprint density at radius 3 is 2.14 bits per heavy atom. The van der Waals surface area contributed by atoms with Gasteiger partial charge in [0.1, 0.15) is 0 Å². The van der Waals surface area contributed by atoms with Crippen LogP contribution in [0.25, 0.3) is 0 Å². The molecule has 0 aliphatic rings. The summed E-state index contributed by atoms with van der Waals surface area (Å²) in [5, 5.41) is 6.93. The smallest absolute Gasteiger partial charge is 0.462 e. The van der Waals surface area contributed by atoms with Crippen LogP contribution in [-0.4, -0.2) is 26.5 Å². The zero-order valence-electron chi connectivity index (χ0n) is 14.7. The van der Waals surface area contributed by atoms with E-state index in [-0.39, 0.29) is 23.3 Å². The Bertz CT molecular complexity index is 976. The molecule has 0 saturated carbocycles. The van der Waals surface area contributed by atoms with Gasteiger partial charge in [0.2, 0.25) is 0 Å². The molecule has 9 heteroatoms. The van der Waals surface area contributed by atoms with Crippen LogP contribution in [0.4, 0.5) is 13.2 Å². The third-order valence-electron chi connectivity index (χ3n) is 3.99. The summed E-state index contributed by atoms with van der Waals surface area (Å²) in [5.74, 6) is -0.583. The van der Waals surface area contributed by atoms with Crippen LogP contribution in [0, 0.1) is 11.3 Å². The van der Waals surface area contributed by atoms with Crippen LogP contribution >= 0.6 is 0 Å². The topological polar surface area (TPSA) is 84.2 Å². The minimum absolute atomic E-state index is 0.0780. The minimum atomic E-state index is -5.52. The number of carbonyl (C=O) groups is 1. The molecule has 5 nitrogen and oxygen atoms in total. The fourth-order valence-corrected chi connectivity index (χ4v) is 3.80. The maximum absolute atomic E-state index is 13.2. The van der Waals surface area contributed by atoms with Crippen molar-refractivity contribution in [2.24, 2.45) is 0 Å². The second kappa shape index (κ2) is 8.44. The SMILES string of the molecule is CCOC(=O)c1ccc(CC(c2ccc(C#N)cc2)S(=O)(=O)C(F)(F)F)cc1. The average Bonchev–Trinajstić information content (AvgIpc) is 2.66. The third kappa shape index (κ3) is 4.70. The van der Waals surface area contributed by atoms with Crippen molar-refractivity contribution >= 4 is 15.8 Å². The molecule has 0 radical (unpaired) electrons. The molecule has 2 rings (SSSR count). The van der Waals surface area contributed by atoms with E-state index in [1.54, 1.807) is 6.92 Å². The Morgan fingerprint density at radius 2 is 1.68 bits per heavy atom. The van der Waals surface area contributed by atoms with E-state index in [4.69, 9.17) is 10.00 Å². The highest BCUT2D eigenvalue weighted by atomic mass is 32.2. The summed E-state index contributed by atoms with van der Waals surface area (Å²) < 4.78 is 68.6. The van der Waals surface area contributed by atoms with Crippen LogP contribution in [0.1, 0.15) is 39.2 Å². The first-order valence-corrected chi connectivity index (χ1v) is 9.71. The Hall–Kier alpha value is -2.86. The summed E-state index contributed by atoms with van der Waals surface area (Å²) in [6.07, 6.45) is -0.448. The molecule has 148 valence electrons. The van der Waals surface area contributed by atoms with Crippen molar-refractivity contribution in [2.45, 2.75) is 24.1 Å². The van der Waals surface area contributed by atoms with Gasteiger partial charge in [-0.05, 0) is 48.7 Å². The summed E-state index contributed by atoms with van der Waals surface area (Å²) in [5.41, 5.74) is -4.80. The number of ether oxygens (including phenoxy) is 1. The van der Waals surface area contributed by atoms with Crippen molar-refractivity contribution in [3.05, 3.63) is 70.8 Å². The number of nitrogens with zero attached hydrogens (tertiary/aromatic N) is 1. The zero-order valence-corrected chi connectivity index (χ0v) is 15.5. The molecule has 0 aliphatic carbocycles. The van der Waals surface area contributed by atoms with E-state index in [9.17, 15) is 26.4 Å². The number of alkyl halides is 3. The molecule has 28 heavy (non-hydrogen) atoms. The number of carbonyl (C=O) groups excluding carboxylic acids is 1. The van der Waals surface area contributed by atoms with E-state index in [1.165, 1.54) is 48.5 Å². The summed E-state index contributed by atoms with van der Waals surface area (Å²) in [6, 6.07) is 12.2. The van der Waals surface area contributed by atoms with Crippen molar-refractivity contribution in [3.63, 3.8) is 0 Å². The van der Waals surface area contributed by atoms with E-state index >= 15 is 0 Å². The molecule has 2 aromatic rings. The van der Waals surface area contributed by atoms with Gasteiger partial charge in [0.25, 0.3) is 9.84 Å². The first kappa shape index (κ1) is 21.4. The second-order valence-corrected chi connectivity index (χ2v) is 7.96. The molecule has 0 spiro atoms. The molecule has 1 unspecified atom stereocenters. The van der Waals surface area contributed by atoms with Crippen molar-refractivity contribution in [1.82, 2.24) is 0 Å². The number of halogens is 3. The predicted molar refractivity (Wildman–Crippen MR) is 95.0 cm³/mol. The maximum atomic E-state index is 13.2. The summed E-state index contributed by atoms with van der Waals surface area (Å²) >= 11 is 0. The van der Waals surface area contributed by atoms with E-state index in [1.807, 2.05) is 6.07 Å². The fraction of sp³-hybridized carbons (Fsp3) is 0.263. The Kier molecular flexibility index (Phi) is 6.46. The molecule has 0 bridgehead atoms. The summed E-state index contributed by atoms with van der Waals surface area (Å²) in [4.78, 5) is 11.7. The maximum Gasteiger partial charge on any atom is 0.498 e. The lowest BCUT2D eigenvalue weighted by Crippen LogP contribution is -2.30. The highest BCUT2D eigenvalue weighted by Crippen LogP contribution is 2.37. The standard InChI is InChI=1S/C19H16F3NO4S/c1-2-27-18(24)16-9-3-13(4-10-16)11-17(28(25,26)19(20,21)22)15-7-5-14(12-23)6-8-15/h3-10,17H,2,11H2,1H3. The van der Waals surface area contributed by atoms with Crippen molar-refractivity contribution in [2.75, 3.05) is 6.61 Å². The van der Waals surface area contributed by atoms with E-state index in [0.717, 1.165) is 0 Å². The van der Waals surface area contributed by atoms with Gasteiger partial charge in [0.15, 0.2) is 0 Å². The molecule has 1 atom stereocenters. The molecule has 0 amide bonds. The molecule has 0 heterocycles. The number of nitriles is 1. The first-order chi connectivity index (χ1) is 13.1. The van der Waals surface area contributed by atoms with E-state index < -0.39 is 33.0 Å². The van der Waals surface area contributed by atoms with Gasteiger partial charge in [-0.25, -0.2) is 13.2 Å². The van der Waals surface area contributed by atoms with Crippen LogP contribution in [0.15, 0.2) is 48.5 Å². The third-order valence-corrected chi connectivity index (χ3v) is 5.83. The largest absolute Gasteiger partial charge is 0.498 e. The van der Waals surface area contributed by atoms with E-state index in [0.29, 0.717) is 5.56 Å². The normalized spacial score (nSPS) is 12.8. The van der Waals surface area contributed by atoms with Gasteiger partial charge >= 0.3 is 11.5 Å². The van der Waals surface area contributed by atoms with Crippen LogP contribution in [-0.2, 0) is 21.0 Å². The monoisotopic (exact) mass is 411 g/mol. The van der Waals surface area contributed by atoms with Gasteiger partial charge in [-0.3, -0.25) is 0 Å². The molecule has 2 aromatic carbocycles. The average molecular weight is 411 g/mol. The van der Waals surface area contributed by atoms with Gasteiger partial charge < -0.3 is 4.74 Å². The molecular weight excluding hydrogens is 395 g/mol. The van der Waals surface area contributed by atoms with Gasteiger partial charge in [0.05, 0.1) is 29.1 Å². The van der Waals surface area contributed by atoms with Gasteiger partial charge in [-0.2, -0.15) is 18.4 Å². The Morgan fingerprint density at radius 1 is 1.11 bits per heavy atom. The number of hydrogen-bond donors (Lipinski definition) is 0. The Labute approximate surface area is 160 Å². The van der Waals surface area contributed by atoms with Crippen molar-refractivity contribution < 1.29 is 31.1 Å². The lowest BCUT2D eigenvalue weighted by molar-refractivity contribution is -0.0445. The molecule has 0 fully saturated rings. The number of sulfone groups is 1. The van der Waals surface area contributed by atoms with Gasteiger partial charge in [-0.15, -0.1) is 0 Å². The predicted octanol–water partition coefficient (Wildman–Crippen LogP) is 3.95. The van der Waals surface area contributed by atoms with Gasteiger partial charge in [0, 0.05) is 0 Å². The first-order valence-electron chi connectivity index (χ1n) is 8.16. The van der Waals surface area contributed by atoms with Gasteiger partial charge in [-0.1, -0.05) is 24.3 Å². The number of rotatable bonds is 6. The summed E-state index contributed by atoms with van der Waals surface area (Å²) in [7, 11) is -5.52.